The van der Waals surface area contributed by atoms with Crippen LogP contribution in [0.5, 0.6) is 0 Å². The number of allylic oxidation sites excluding steroid dienone is 1. The fourth-order valence-corrected chi connectivity index (χ4v) is 1.21. The first-order chi connectivity index (χ1) is 6.31. The van der Waals surface area contributed by atoms with Crippen molar-refractivity contribution in [3.05, 3.63) is 12.7 Å². The van der Waals surface area contributed by atoms with Gasteiger partial charge in [-0.3, -0.25) is 0 Å². The molecule has 0 amide bonds. The summed E-state index contributed by atoms with van der Waals surface area (Å²) in [5.74, 6) is 0. The summed E-state index contributed by atoms with van der Waals surface area (Å²) < 4.78 is 5.18. The fourth-order valence-electron chi connectivity index (χ4n) is 1.21. The summed E-state index contributed by atoms with van der Waals surface area (Å²) in [4.78, 5) is 0. The molecule has 0 aliphatic carbocycles. The van der Waals surface area contributed by atoms with Crippen LogP contribution in [0.25, 0.3) is 0 Å². The van der Waals surface area contributed by atoms with E-state index in [1.54, 1.807) is 0 Å². The predicted molar refractivity (Wildman–Crippen MR) is 55.8 cm³/mol. The SMILES string of the molecule is C=CCCCC(O)CCCOCC. The van der Waals surface area contributed by atoms with Crippen molar-refractivity contribution in [2.75, 3.05) is 13.2 Å². The minimum atomic E-state index is -0.152. The van der Waals surface area contributed by atoms with Gasteiger partial charge < -0.3 is 9.84 Å². The molecular weight excluding hydrogens is 164 g/mol. The van der Waals surface area contributed by atoms with Gasteiger partial charge in [0.05, 0.1) is 6.10 Å². The third-order valence-electron chi connectivity index (χ3n) is 1.98. The van der Waals surface area contributed by atoms with Crippen molar-refractivity contribution in [1.82, 2.24) is 0 Å². The lowest BCUT2D eigenvalue weighted by molar-refractivity contribution is 0.109. The maximum Gasteiger partial charge on any atom is 0.0541 e. The summed E-state index contributed by atoms with van der Waals surface area (Å²) in [5, 5.41) is 9.49. The van der Waals surface area contributed by atoms with Crippen LogP contribution >= 0.6 is 0 Å². The molecule has 78 valence electrons. The van der Waals surface area contributed by atoms with E-state index in [4.69, 9.17) is 4.74 Å². The normalized spacial score (nSPS) is 12.8. The lowest BCUT2D eigenvalue weighted by atomic mass is 10.1. The van der Waals surface area contributed by atoms with Crippen molar-refractivity contribution in [2.24, 2.45) is 0 Å². The number of unbranched alkanes of at least 4 members (excludes halogenated alkanes) is 1. The van der Waals surface area contributed by atoms with E-state index in [1.807, 2.05) is 13.0 Å². The lowest BCUT2D eigenvalue weighted by Gasteiger charge is -2.09. The highest BCUT2D eigenvalue weighted by atomic mass is 16.5. The first-order valence-corrected chi connectivity index (χ1v) is 5.18. The van der Waals surface area contributed by atoms with Crippen molar-refractivity contribution in [3.63, 3.8) is 0 Å². The average Bonchev–Trinajstić information content (AvgIpc) is 2.13. The maximum atomic E-state index is 9.49. The molecule has 0 fully saturated rings. The lowest BCUT2D eigenvalue weighted by Crippen LogP contribution is -2.07. The van der Waals surface area contributed by atoms with Crippen LogP contribution in [0.4, 0.5) is 0 Å². The molecule has 0 saturated carbocycles. The predicted octanol–water partition coefficient (Wildman–Crippen LogP) is 2.52. The topological polar surface area (TPSA) is 29.5 Å². The van der Waals surface area contributed by atoms with Crippen LogP contribution in [0, 0.1) is 0 Å². The molecule has 0 aromatic heterocycles. The second kappa shape index (κ2) is 9.75. The Labute approximate surface area is 81.6 Å². The van der Waals surface area contributed by atoms with E-state index in [9.17, 15) is 5.11 Å². The van der Waals surface area contributed by atoms with Gasteiger partial charge in [0, 0.05) is 13.2 Å². The van der Waals surface area contributed by atoms with E-state index in [-0.39, 0.29) is 6.10 Å². The fraction of sp³-hybridized carbons (Fsp3) is 0.818. The van der Waals surface area contributed by atoms with Gasteiger partial charge in [-0.15, -0.1) is 6.58 Å². The molecule has 0 radical (unpaired) electrons. The van der Waals surface area contributed by atoms with Gasteiger partial charge in [-0.05, 0) is 39.0 Å². The molecule has 1 N–H and O–H groups in total. The quantitative estimate of drug-likeness (QED) is 0.443. The van der Waals surface area contributed by atoms with Crippen molar-refractivity contribution < 1.29 is 9.84 Å². The van der Waals surface area contributed by atoms with Crippen molar-refractivity contribution >= 4 is 0 Å². The molecule has 1 atom stereocenters. The van der Waals surface area contributed by atoms with Gasteiger partial charge >= 0.3 is 0 Å². The number of ether oxygens (including phenoxy) is 1. The number of hydrogen-bond acceptors (Lipinski definition) is 2. The molecule has 0 aliphatic heterocycles. The van der Waals surface area contributed by atoms with Crippen LogP contribution in [0.15, 0.2) is 12.7 Å². The van der Waals surface area contributed by atoms with Gasteiger partial charge in [0.1, 0.15) is 0 Å². The van der Waals surface area contributed by atoms with Gasteiger partial charge in [0.15, 0.2) is 0 Å². The Kier molecular flexibility index (Phi) is 9.49. The number of aliphatic hydroxyl groups is 1. The highest BCUT2D eigenvalue weighted by Gasteiger charge is 2.02. The highest BCUT2D eigenvalue weighted by molar-refractivity contribution is 4.67. The van der Waals surface area contributed by atoms with Crippen LogP contribution in [0.2, 0.25) is 0 Å². The van der Waals surface area contributed by atoms with Crippen molar-refractivity contribution in [2.45, 2.75) is 45.1 Å². The highest BCUT2D eigenvalue weighted by Crippen LogP contribution is 2.06. The summed E-state index contributed by atoms with van der Waals surface area (Å²) >= 11 is 0. The summed E-state index contributed by atoms with van der Waals surface area (Å²) in [6.45, 7) is 7.17. The second-order valence-corrected chi connectivity index (χ2v) is 3.21. The first kappa shape index (κ1) is 12.7. The molecule has 0 rings (SSSR count). The Hall–Kier alpha value is -0.340. The molecule has 2 heteroatoms. The van der Waals surface area contributed by atoms with E-state index in [2.05, 4.69) is 6.58 Å². The van der Waals surface area contributed by atoms with Crippen LogP contribution in [-0.2, 0) is 4.74 Å². The molecule has 0 aromatic rings. The third kappa shape index (κ3) is 9.57. The zero-order valence-corrected chi connectivity index (χ0v) is 8.67. The van der Waals surface area contributed by atoms with Gasteiger partial charge in [-0.1, -0.05) is 6.08 Å². The summed E-state index contributed by atoms with van der Waals surface area (Å²) in [5.41, 5.74) is 0. The van der Waals surface area contributed by atoms with E-state index in [1.165, 1.54) is 0 Å². The summed E-state index contributed by atoms with van der Waals surface area (Å²) in [7, 11) is 0. The Bertz CT molecular complexity index is 113. The zero-order chi connectivity index (χ0) is 9.94. The molecule has 0 bridgehead atoms. The molecule has 0 heterocycles. The molecule has 0 aliphatic rings. The Morgan fingerprint density at radius 2 is 2.08 bits per heavy atom. The van der Waals surface area contributed by atoms with E-state index in [0.29, 0.717) is 0 Å². The van der Waals surface area contributed by atoms with Crippen molar-refractivity contribution in [1.29, 1.82) is 0 Å². The third-order valence-corrected chi connectivity index (χ3v) is 1.98. The van der Waals surface area contributed by atoms with Crippen molar-refractivity contribution in [3.8, 4) is 0 Å². The van der Waals surface area contributed by atoms with E-state index in [0.717, 1.165) is 45.3 Å². The van der Waals surface area contributed by atoms with E-state index < -0.39 is 0 Å². The minimum absolute atomic E-state index is 0.152. The van der Waals surface area contributed by atoms with Crippen LogP contribution in [0.3, 0.4) is 0 Å². The van der Waals surface area contributed by atoms with Crippen LogP contribution in [-0.4, -0.2) is 24.4 Å². The Morgan fingerprint density at radius 1 is 1.38 bits per heavy atom. The van der Waals surface area contributed by atoms with Crippen LogP contribution in [0.1, 0.15) is 39.0 Å². The smallest absolute Gasteiger partial charge is 0.0541 e. The largest absolute Gasteiger partial charge is 0.393 e. The van der Waals surface area contributed by atoms with Gasteiger partial charge in [-0.2, -0.15) is 0 Å². The number of hydrogen-bond donors (Lipinski definition) is 1. The maximum absolute atomic E-state index is 9.49. The monoisotopic (exact) mass is 186 g/mol. The first-order valence-electron chi connectivity index (χ1n) is 5.18. The average molecular weight is 186 g/mol. The second-order valence-electron chi connectivity index (χ2n) is 3.21. The molecular formula is C11H22O2. The van der Waals surface area contributed by atoms with Crippen LogP contribution < -0.4 is 0 Å². The number of rotatable bonds is 9. The number of aliphatic hydroxyl groups excluding tert-OH is 1. The van der Waals surface area contributed by atoms with E-state index >= 15 is 0 Å². The Balaban J connectivity index is 3.09. The van der Waals surface area contributed by atoms with Gasteiger partial charge in [0.2, 0.25) is 0 Å². The molecule has 0 saturated heterocycles. The summed E-state index contributed by atoms with van der Waals surface area (Å²) in [6, 6.07) is 0. The standard InChI is InChI=1S/C11H22O2/c1-3-5-6-8-11(12)9-7-10-13-4-2/h3,11-12H,1,4-10H2,2H3. The minimum Gasteiger partial charge on any atom is -0.393 e. The molecule has 1 unspecified atom stereocenters. The molecule has 0 aromatic carbocycles. The zero-order valence-electron chi connectivity index (χ0n) is 8.67. The molecule has 0 spiro atoms. The molecule has 13 heavy (non-hydrogen) atoms. The van der Waals surface area contributed by atoms with Gasteiger partial charge in [-0.25, -0.2) is 0 Å². The molecule has 2 nitrogen and oxygen atoms in total. The Morgan fingerprint density at radius 3 is 2.69 bits per heavy atom. The van der Waals surface area contributed by atoms with Gasteiger partial charge in [0.25, 0.3) is 0 Å². The summed E-state index contributed by atoms with van der Waals surface area (Å²) in [6.07, 6.45) is 6.49.